The van der Waals surface area contributed by atoms with Crippen molar-refractivity contribution in [3.63, 3.8) is 0 Å². The Morgan fingerprint density at radius 3 is 2.41 bits per heavy atom. The highest BCUT2D eigenvalue weighted by Gasteiger charge is 2.30. The second-order valence-corrected chi connectivity index (χ2v) is 4.53. The lowest BCUT2D eigenvalue weighted by Crippen LogP contribution is -2.04. The number of hydrogen-bond acceptors (Lipinski definition) is 3. The van der Waals surface area contributed by atoms with Crippen LogP contribution < -0.4 is 4.74 Å². The summed E-state index contributed by atoms with van der Waals surface area (Å²) in [5, 5.41) is 10.8. The van der Waals surface area contributed by atoms with E-state index in [1.807, 2.05) is 0 Å². The third kappa shape index (κ3) is 3.55. The lowest BCUT2D eigenvalue weighted by Gasteiger charge is -2.10. The van der Waals surface area contributed by atoms with Crippen LogP contribution in [0.5, 0.6) is 11.5 Å². The normalized spacial score (nSPS) is 11.3. The minimum absolute atomic E-state index is 0.0192. The van der Waals surface area contributed by atoms with Crippen LogP contribution >= 0.6 is 0 Å². The Kier molecular flexibility index (Phi) is 4.35. The Morgan fingerprint density at radius 2 is 1.82 bits per heavy atom. The smallest absolute Gasteiger partial charge is 0.416 e. The van der Waals surface area contributed by atoms with Gasteiger partial charge in [-0.1, -0.05) is 13.0 Å². The van der Waals surface area contributed by atoms with Crippen LogP contribution in [0.25, 0.3) is 0 Å². The number of nitro groups is 1. The molecule has 2 aromatic carbocycles. The lowest BCUT2D eigenvalue weighted by atomic mass is 10.1. The number of aryl methyl sites for hydroxylation is 1. The number of nitrogens with zero attached hydrogens (tertiary/aromatic N) is 1. The quantitative estimate of drug-likeness (QED) is 0.592. The van der Waals surface area contributed by atoms with Crippen molar-refractivity contribution in [2.45, 2.75) is 19.5 Å². The highest BCUT2D eigenvalue weighted by atomic mass is 19.4. The zero-order valence-corrected chi connectivity index (χ0v) is 11.6. The fourth-order valence-electron chi connectivity index (χ4n) is 1.96. The van der Waals surface area contributed by atoms with Crippen LogP contribution in [0.4, 0.5) is 18.9 Å². The summed E-state index contributed by atoms with van der Waals surface area (Å²) in [6.07, 6.45) is -4.04. The number of halogens is 3. The molecular weight excluding hydrogens is 299 g/mol. The number of alkyl halides is 3. The molecule has 0 aliphatic rings. The molecule has 0 aliphatic heterocycles. The molecule has 0 saturated heterocycles. The molecule has 0 radical (unpaired) electrons. The molecule has 0 amide bonds. The molecule has 0 bridgehead atoms. The molecule has 0 fully saturated rings. The van der Waals surface area contributed by atoms with Crippen molar-refractivity contribution in [2.24, 2.45) is 0 Å². The first-order valence-corrected chi connectivity index (χ1v) is 6.43. The van der Waals surface area contributed by atoms with Crippen molar-refractivity contribution < 1.29 is 22.8 Å². The average molecular weight is 311 g/mol. The minimum Gasteiger partial charge on any atom is -0.457 e. The summed E-state index contributed by atoms with van der Waals surface area (Å²) >= 11 is 0. The molecule has 0 atom stereocenters. The van der Waals surface area contributed by atoms with Gasteiger partial charge in [0.05, 0.1) is 10.5 Å². The molecule has 4 nitrogen and oxygen atoms in total. The van der Waals surface area contributed by atoms with Gasteiger partial charge in [-0.15, -0.1) is 0 Å². The average Bonchev–Trinajstić information content (AvgIpc) is 2.46. The number of ether oxygens (including phenoxy) is 1. The molecule has 0 aliphatic carbocycles. The topological polar surface area (TPSA) is 52.4 Å². The first-order valence-electron chi connectivity index (χ1n) is 6.43. The van der Waals surface area contributed by atoms with Crippen molar-refractivity contribution in [2.75, 3.05) is 0 Å². The van der Waals surface area contributed by atoms with E-state index in [9.17, 15) is 23.3 Å². The van der Waals surface area contributed by atoms with Gasteiger partial charge in [0.15, 0.2) is 0 Å². The maximum Gasteiger partial charge on any atom is 0.416 e. The Morgan fingerprint density at radius 1 is 1.14 bits per heavy atom. The van der Waals surface area contributed by atoms with Crippen molar-refractivity contribution in [1.82, 2.24) is 0 Å². The van der Waals surface area contributed by atoms with E-state index >= 15 is 0 Å². The fourth-order valence-corrected chi connectivity index (χ4v) is 1.96. The van der Waals surface area contributed by atoms with E-state index in [2.05, 4.69) is 0 Å². The van der Waals surface area contributed by atoms with Crippen molar-refractivity contribution >= 4 is 5.69 Å². The van der Waals surface area contributed by atoms with Gasteiger partial charge < -0.3 is 4.74 Å². The zero-order valence-electron chi connectivity index (χ0n) is 11.6. The summed E-state index contributed by atoms with van der Waals surface area (Å²) in [7, 11) is 0. The molecule has 7 heteroatoms. The standard InChI is InChI=1S/C15H12F3NO3/c1-2-10-8-13(6-7-14(10)19(20)21)22-12-5-3-4-11(9-12)15(16,17)18/h3-9H,2H2,1H3. The van der Waals surface area contributed by atoms with Crippen LogP contribution in [0.15, 0.2) is 42.5 Å². The molecule has 0 saturated carbocycles. The van der Waals surface area contributed by atoms with Gasteiger partial charge in [0.1, 0.15) is 11.5 Å². The van der Waals surface area contributed by atoms with E-state index in [4.69, 9.17) is 4.74 Å². The van der Waals surface area contributed by atoms with Gasteiger partial charge in [0.2, 0.25) is 0 Å². The number of nitro benzene ring substituents is 1. The zero-order chi connectivity index (χ0) is 16.3. The third-order valence-electron chi connectivity index (χ3n) is 3.03. The van der Waals surface area contributed by atoms with Crippen LogP contribution in [0.3, 0.4) is 0 Å². The largest absolute Gasteiger partial charge is 0.457 e. The molecule has 0 N–H and O–H groups in total. The molecule has 0 spiro atoms. The number of hydrogen-bond donors (Lipinski definition) is 0. The molecule has 22 heavy (non-hydrogen) atoms. The van der Waals surface area contributed by atoms with Crippen LogP contribution in [-0.2, 0) is 12.6 Å². The third-order valence-corrected chi connectivity index (χ3v) is 3.03. The fraction of sp³-hybridized carbons (Fsp3) is 0.200. The summed E-state index contributed by atoms with van der Waals surface area (Å²) in [4.78, 5) is 10.3. The number of rotatable bonds is 4. The summed E-state index contributed by atoms with van der Waals surface area (Å²) in [6.45, 7) is 1.75. The summed E-state index contributed by atoms with van der Waals surface area (Å²) in [5.74, 6) is 0.271. The van der Waals surface area contributed by atoms with Gasteiger partial charge in [-0.3, -0.25) is 10.1 Å². The van der Waals surface area contributed by atoms with Crippen LogP contribution in [-0.4, -0.2) is 4.92 Å². The Labute approximate surface area is 124 Å². The van der Waals surface area contributed by atoms with Crippen LogP contribution in [0.1, 0.15) is 18.1 Å². The second kappa shape index (κ2) is 6.05. The SMILES string of the molecule is CCc1cc(Oc2cccc(C(F)(F)F)c2)ccc1[N+](=O)[O-]. The van der Waals surface area contributed by atoms with E-state index in [-0.39, 0.29) is 17.2 Å². The summed E-state index contributed by atoms with van der Waals surface area (Å²) in [5.41, 5.74) is -0.406. The number of benzene rings is 2. The molecular formula is C15H12F3NO3. The second-order valence-electron chi connectivity index (χ2n) is 4.53. The van der Waals surface area contributed by atoms with E-state index in [1.54, 1.807) is 6.92 Å². The van der Waals surface area contributed by atoms with Gasteiger partial charge in [-0.2, -0.15) is 13.2 Å². The highest BCUT2D eigenvalue weighted by Crippen LogP contribution is 2.33. The Hall–Kier alpha value is -2.57. The highest BCUT2D eigenvalue weighted by molar-refractivity contribution is 5.46. The van der Waals surface area contributed by atoms with Gasteiger partial charge in [-0.05, 0) is 36.8 Å². The van der Waals surface area contributed by atoms with E-state index < -0.39 is 16.7 Å². The summed E-state index contributed by atoms with van der Waals surface area (Å²) in [6, 6.07) is 8.55. The Balaban J connectivity index is 2.30. The van der Waals surface area contributed by atoms with Crippen molar-refractivity contribution in [3.05, 3.63) is 63.7 Å². The first-order chi connectivity index (χ1) is 10.3. The van der Waals surface area contributed by atoms with E-state index in [0.717, 1.165) is 12.1 Å². The molecule has 2 aromatic rings. The monoisotopic (exact) mass is 311 g/mol. The van der Waals surface area contributed by atoms with Gasteiger partial charge in [0, 0.05) is 11.6 Å². The van der Waals surface area contributed by atoms with Gasteiger partial charge >= 0.3 is 6.18 Å². The first kappa shape index (κ1) is 15.8. The lowest BCUT2D eigenvalue weighted by molar-refractivity contribution is -0.385. The molecule has 0 unspecified atom stereocenters. The molecule has 116 valence electrons. The molecule has 0 heterocycles. The maximum atomic E-state index is 12.6. The van der Waals surface area contributed by atoms with Crippen molar-refractivity contribution in [3.8, 4) is 11.5 Å². The van der Waals surface area contributed by atoms with Gasteiger partial charge in [-0.25, -0.2) is 0 Å². The van der Waals surface area contributed by atoms with Crippen LogP contribution in [0.2, 0.25) is 0 Å². The Bertz CT molecular complexity index is 699. The molecule has 0 aromatic heterocycles. The van der Waals surface area contributed by atoms with E-state index in [0.29, 0.717) is 12.0 Å². The maximum absolute atomic E-state index is 12.6. The summed E-state index contributed by atoms with van der Waals surface area (Å²) < 4.78 is 43.3. The predicted molar refractivity (Wildman–Crippen MR) is 74.0 cm³/mol. The van der Waals surface area contributed by atoms with Crippen LogP contribution in [0, 0.1) is 10.1 Å². The van der Waals surface area contributed by atoms with Crippen molar-refractivity contribution in [1.29, 1.82) is 0 Å². The minimum atomic E-state index is -4.45. The predicted octanol–water partition coefficient (Wildman–Crippen LogP) is 4.97. The molecule has 2 rings (SSSR count). The van der Waals surface area contributed by atoms with Gasteiger partial charge in [0.25, 0.3) is 5.69 Å². The van der Waals surface area contributed by atoms with E-state index in [1.165, 1.54) is 30.3 Å².